The van der Waals surface area contributed by atoms with Crippen molar-refractivity contribution in [2.75, 3.05) is 0 Å². The monoisotopic (exact) mass is 320 g/mol. The van der Waals surface area contributed by atoms with E-state index in [1.54, 1.807) is 10.6 Å². The Kier molecular flexibility index (Phi) is 3.80. The lowest BCUT2D eigenvalue weighted by Gasteiger charge is -2.02. The molecule has 0 bridgehead atoms. The van der Waals surface area contributed by atoms with Gasteiger partial charge in [-0.3, -0.25) is 14.2 Å². The first-order valence-electron chi connectivity index (χ1n) is 6.25. The lowest BCUT2D eigenvalue weighted by Crippen LogP contribution is -2.21. The van der Waals surface area contributed by atoms with E-state index in [4.69, 9.17) is 0 Å². The molecule has 0 aliphatic heterocycles. The lowest BCUT2D eigenvalue weighted by atomic mass is 10.3. The largest absolute Gasteiger partial charge is 0.327 e. The zero-order valence-corrected chi connectivity index (χ0v) is 12.9. The van der Waals surface area contributed by atoms with Crippen LogP contribution in [0.15, 0.2) is 39.1 Å². The molecule has 108 valence electrons. The van der Waals surface area contributed by atoms with Crippen LogP contribution in [-0.4, -0.2) is 20.0 Å². The van der Waals surface area contributed by atoms with Crippen molar-refractivity contribution in [3.63, 3.8) is 0 Å². The van der Waals surface area contributed by atoms with E-state index in [1.165, 1.54) is 33.6 Å². The Morgan fingerprint density at radius 3 is 3.00 bits per heavy atom. The number of fused-ring (bicyclic) bond motifs is 1. The number of nitrogens with zero attached hydrogens (tertiary/aromatic N) is 4. The third-order valence-electron chi connectivity index (χ3n) is 3.00. The number of rotatable bonds is 3. The van der Waals surface area contributed by atoms with Crippen LogP contribution in [0.2, 0.25) is 0 Å². The fraction of sp³-hybridized carbons (Fsp3) is 0.231. The summed E-state index contributed by atoms with van der Waals surface area (Å²) in [6.07, 6.45) is 3.50. The first-order chi connectivity index (χ1) is 10.1. The Morgan fingerprint density at radius 2 is 2.24 bits per heavy atom. The second-order valence-corrected chi connectivity index (χ2v) is 6.20. The molecule has 1 amide bonds. The lowest BCUT2D eigenvalue weighted by molar-refractivity contribution is -0.118. The topological polar surface area (TPSA) is 69.2 Å². The van der Waals surface area contributed by atoms with E-state index in [0.717, 1.165) is 4.83 Å². The zero-order chi connectivity index (χ0) is 14.8. The van der Waals surface area contributed by atoms with Crippen molar-refractivity contribution in [1.82, 2.24) is 14.1 Å². The van der Waals surface area contributed by atoms with Crippen LogP contribution < -0.4 is 10.4 Å². The van der Waals surface area contributed by atoms with E-state index in [2.05, 4.69) is 9.98 Å². The van der Waals surface area contributed by atoms with Gasteiger partial charge in [0.05, 0.1) is 11.7 Å². The predicted molar refractivity (Wildman–Crippen MR) is 82.4 cm³/mol. The number of aromatic nitrogens is 3. The van der Waals surface area contributed by atoms with E-state index >= 15 is 0 Å². The number of amides is 1. The average molecular weight is 320 g/mol. The van der Waals surface area contributed by atoms with Crippen molar-refractivity contribution < 1.29 is 4.79 Å². The Balaban J connectivity index is 1.78. The van der Waals surface area contributed by atoms with Crippen molar-refractivity contribution in [2.24, 2.45) is 12.0 Å². The summed E-state index contributed by atoms with van der Waals surface area (Å²) in [6.45, 7) is 0.287. The molecule has 0 atom stereocenters. The molecule has 0 N–H and O–H groups in total. The first-order valence-corrected chi connectivity index (χ1v) is 8.01. The van der Waals surface area contributed by atoms with Crippen LogP contribution >= 0.6 is 22.7 Å². The zero-order valence-electron chi connectivity index (χ0n) is 11.2. The fourth-order valence-electron chi connectivity index (χ4n) is 1.87. The second kappa shape index (κ2) is 5.74. The minimum Gasteiger partial charge on any atom is -0.327 e. The molecule has 6 nitrogen and oxygen atoms in total. The number of thiazole rings is 1. The van der Waals surface area contributed by atoms with Crippen molar-refractivity contribution >= 4 is 38.8 Å². The second-order valence-electron chi connectivity index (χ2n) is 4.43. The number of aryl methyl sites for hydroxylation is 2. The molecule has 21 heavy (non-hydrogen) atoms. The quantitative estimate of drug-likeness (QED) is 0.732. The van der Waals surface area contributed by atoms with Gasteiger partial charge in [-0.2, -0.15) is 4.99 Å². The van der Waals surface area contributed by atoms with Crippen molar-refractivity contribution in [2.45, 2.75) is 13.0 Å². The van der Waals surface area contributed by atoms with Crippen molar-refractivity contribution in [1.29, 1.82) is 0 Å². The summed E-state index contributed by atoms with van der Waals surface area (Å²) in [6, 6.07) is 1.75. The summed E-state index contributed by atoms with van der Waals surface area (Å²) in [5.41, 5.74) is -0.115. The van der Waals surface area contributed by atoms with Crippen molar-refractivity contribution in [3.05, 3.63) is 44.5 Å². The molecular formula is C13H12N4O2S2. The molecule has 0 saturated carbocycles. The molecular weight excluding hydrogens is 308 g/mol. The molecule has 0 aliphatic rings. The maximum Gasteiger partial charge on any atom is 0.262 e. The average Bonchev–Trinajstić information content (AvgIpc) is 3.08. The number of carbonyl (C=O) groups is 1. The van der Waals surface area contributed by atoms with E-state index in [0.29, 0.717) is 10.2 Å². The van der Waals surface area contributed by atoms with Gasteiger partial charge in [0.15, 0.2) is 4.80 Å². The van der Waals surface area contributed by atoms with E-state index < -0.39 is 0 Å². The number of carbonyl (C=O) groups excluding carboxylic acids is 1. The smallest absolute Gasteiger partial charge is 0.262 e. The van der Waals surface area contributed by atoms with Crippen LogP contribution in [0.1, 0.15) is 6.42 Å². The van der Waals surface area contributed by atoms with Crippen LogP contribution in [0, 0.1) is 0 Å². The first kappa shape index (κ1) is 13.9. The van der Waals surface area contributed by atoms with Gasteiger partial charge >= 0.3 is 0 Å². The highest BCUT2D eigenvalue weighted by atomic mass is 32.1. The number of thiophene rings is 1. The predicted octanol–water partition coefficient (Wildman–Crippen LogP) is 1.38. The Bertz CT molecular complexity index is 916. The SMILES string of the molecule is Cn1ccsc1=NC(=O)CCn1cnc2sccc2c1=O. The molecule has 0 unspecified atom stereocenters. The Hall–Kier alpha value is -2.06. The Morgan fingerprint density at radius 1 is 1.38 bits per heavy atom. The van der Waals surface area contributed by atoms with E-state index in [-0.39, 0.29) is 24.4 Å². The molecule has 0 spiro atoms. The van der Waals surface area contributed by atoms with Gasteiger partial charge in [0.25, 0.3) is 5.56 Å². The standard InChI is InChI=1S/C13H12N4O2S2/c1-16-5-7-21-13(16)15-10(18)2-4-17-8-14-11-9(12(17)19)3-6-20-11/h3,5-8H,2,4H2,1H3. The maximum atomic E-state index is 12.2. The Labute approximate surface area is 127 Å². The molecule has 0 saturated heterocycles. The van der Waals surface area contributed by atoms with Gasteiger partial charge in [-0.1, -0.05) is 0 Å². The van der Waals surface area contributed by atoms with E-state index in [9.17, 15) is 9.59 Å². The van der Waals surface area contributed by atoms with Gasteiger partial charge in [0.2, 0.25) is 5.91 Å². The van der Waals surface area contributed by atoms with Crippen LogP contribution in [0.3, 0.4) is 0 Å². The van der Waals surface area contributed by atoms with Gasteiger partial charge in [-0.15, -0.1) is 22.7 Å². The summed E-state index contributed by atoms with van der Waals surface area (Å²) in [4.78, 5) is 33.6. The minimum atomic E-state index is -0.245. The molecule has 0 aliphatic carbocycles. The van der Waals surface area contributed by atoms with Gasteiger partial charge in [0, 0.05) is 31.6 Å². The summed E-state index contributed by atoms with van der Waals surface area (Å²) < 4.78 is 3.24. The molecule has 3 heterocycles. The third-order valence-corrected chi connectivity index (χ3v) is 4.67. The molecule has 8 heteroatoms. The number of hydrogen-bond donors (Lipinski definition) is 0. The molecule has 0 radical (unpaired) electrons. The maximum absolute atomic E-state index is 12.2. The normalized spacial score (nSPS) is 12.1. The van der Waals surface area contributed by atoms with Crippen LogP contribution in [0.5, 0.6) is 0 Å². The molecule has 0 aromatic carbocycles. The summed E-state index contributed by atoms with van der Waals surface area (Å²) in [7, 11) is 1.83. The molecule has 3 rings (SSSR count). The van der Waals surface area contributed by atoms with Crippen LogP contribution in [-0.2, 0) is 18.4 Å². The van der Waals surface area contributed by atoms with Crippen molar-refractivity contribution in [3.8, 4) is 0 Å². The highest BCUT2D eigenvalue weighted by Gasteiger charge is 2.07. The number of hydrogen-bond acceptors (Lipinski definition) is 5. The van der Waals surface area contributed by atoms with Gasteiger partial charge in [0.1, 0.15) is 4.83 Å². The highest BCUT2D eigenvalue weighted by molar-refractivity contribution is 7.16. The molecule has 3 aromatic heterocycles. The van der Waals surface area contributed by atoms with Crippen LogP contribution in [0.4, 0.5) is 0 Å². The minimum absolute atomic E-state index is 0.115. The summed E-state index contributed by atoms with van der Waals surface area (Å²) in [5, 5.41) is 4.29. The summed E-state index contributed by atoms with van der Waals surface area (Å²) >= 11 is 2.83. The highest BCUT2D eigenvalue weighted by Crippen LogP contribution is 2.13. The van der Waals surface area contributed by atoms with Gasteiger partial charge in [-0.25, -0.2) is 4.98 Å². The fourth-order valence-corrected chi connectivity index (χ4v) is 3.34. The van der Waals surface area contributed by atoms with Crippen LogP contribution in [0.25, 0.3) is 10.2 Å². The molecule has 0 fully saturated rings. The van der Waals surface area contributed by atoms with Gasteiger partial charge < -0.3 is 4.57 Å². The summed E-state index contributed by atoms with van der Waals surface area (Å²) in [5.74, 6) is -0.245. The third kappa shape index (κ3) is 2.86. The molecule has 3 aromatic rings. The van der Waals surface area contributed by atoms with Gasteiger partial charge in [-0.05, 0) is 11.4 Å². The van der Waals surface area contributed by atoms with E-state index in [1.807, 2.05) is 24.0 Å².